The number of nitrogens with zero attached hydrogens (tertiary/aromatic N) is 4. The Hall–Kier alpha value is -0.100. The SMILES string of the molecule is CO.CO.COP(=O)([S-])OC[C@@H]1CC(OP(=O)([O-])OC[C@@H]2C[C@@H](O)CN2C(=O)CCCSSCCN)CN1C(=O)CCCCCN.COP([O-])(=S)OC[C@@H]1CC(OP(=O)([O-])OC[C@@H]2C[C@@H](O)CN2C(=O)CCCS)CN1C(=O)CCCCCN. The molecule has 12 atom stereocenters. The van der Waals surface area contributed by atoms with Gasteiger partial charge in [0.05, 0.1) is 75.0 Å². The van der Waals surface area contributed by atoms with Crippen LogP contribution in [0.4, 0.5) is 0 Å². The highest BCUT2D eigenvalue weighted by Crippen LogP contribution is 2.47. The van der Waals surface area contributed by atoms with E-state index in [1.165, 1.54) is 19.6 Å². The van der Waals surface area contributed by atoms with Gasteiger partial charge in [-0.1, -0.05) is 46.2 Å². The number of likely N-dealkylation sites (tertiary alicyclic amines) is 4. The largest absolute Gasteiger partial charge is 0.780 e. The highest BCUT2D eigenvalue weighted by Gasteiger charge is 2.41. The van der Waals surface area contributed by atoms with Gasteiger partial charge in [-0.3, -0.25) is 32.9 Å². The lowest BCUT2D eigenvalue weighted by molar-refractivity contribution is -0.231. The van der Waals surface area contributed by atoms with Gasteiger partial charge in [-0.15, -0.1) is 0 Å². The van der Waals surface area contributed by atoms with E-state index >= 15 is 0 Å². The zero-order chi connectivity index (χ0) is 63.5. The Morgan fingerprint density at radius 2 is 0.917 bits per heavy atom. The second-order valence-electron chi connectivity index (χ2n) is 19.4. The highest BCUT2D eigenvalue weighted by atomic mass is 33.1. The van der Waals surface area contributed by atoms with Crippen molar-refractivity contribution < 1.29 is 104 Å². The van der Waals surface area contributed by atoms with Crippen LogP contribution in [0.25, 0.3) is 0 Å². The Bertz CT molecular complexity index is 2100. The number of carbonyl (C=O) groups is 4. The fourth-order valence-corrected chi connectivity index (χ4v) is 14.5. The van der Waals surface area contributed by atoms with E-state index in [1.807, 2.05) is 0 Å². The maximum Gasteiger partial charge on any atom is 0.268 e. The third-order valence-corrected chi connectivity index (χ3v) is 21.4. The van der Waals surface area contributed by atoms with E-state index in [2.05, 4.69) is 21.7 Å². The van der Waals surface area contributed by atoms with Crippen LogP contribution < -0.4 is 31.9 Å². The van der Waals surface area contributed by atoms with Gasteiger partial charge in [0.25, 0.3) is 15.6 Å². The van der Waals surface area contributed by atoms with Crippen molar-refractivity contribution in [3.05, 3.63) is 0 Å². The van der Waals surface area contributed by atoms with Crippen molar-refractivity contribution in [1.82, 2.24) is 19.6 Å². The summed E-state index contributed by atoms with van der Waals surface area (Å²) in [6.45, 7) is -6.85. The number of amides is 4. The summed E-state index contributed by atoms with van der Waals surface area (Å²) in [7, 11) is -2.10. The fourth-order valence-electron chi connectivity index (χ4n) is 9.23. The van der Waals surface area contributed by atoms with E-state index in [9.17, 15) is 57.8 Å². The van der Waals surface area contributed by atoms with Gasteiger partial charge in [0.15, 0.2) is 6.80 Å². The van der Waals surface area contributed by atoms with Crippen molar-refractivity contribution in [2.45, 2.75) is 151 Å². The fraction of sp³-hybridized carbons (Fsp3) is 0.913. The standard InChI is InChI=1S/C23H46N4O10P2S3.C21H41N3O10P2S2.2CH4O/c1-34-39(33,40)36-17-19-13-21(15-27(19)22(29)6-3-2-4-8-24)37-38(31,32)35-16-18-12-20(28)14-26(18)23(30)7-5-10-41-42-11-9-25;1-31-36(30,38)33-15-17-11-19(13-24(17)20(26)6-3-2-4-8-22)34-35(28,29)32-14-16-10-18(25)12-23(16)21(27)7-5-9-37;2*1-2/h18-21,28H,2-17,24-25H2,1H3,(H,31,32)(H,33,40);16-19,25,37H,2-15,22H2,1H3,(H,28,29)(H,30,38);2*2H,1H3/p-4/t18-,19-,20+,21?,39?;16-,17-,18+,19?,36?;;/m00../s1. The average Bonchev–Trinajstić information content (AvgIpc) is 4.42. The molecule has 29 nitrogen and oxygen atoms in total. The summed E-state index contributed by atoms with van der Waals surface area (Å²) in [5.41, 5.74) is 16.5. The molecule has 0 radical (unpaired) electrons. The van der Waals surface area contributed by atoms with Gasteiger partial charge in [0, 0.05) is 98.4 Å². The van der Waals surface area contributed by atoms with Crippen LogP contribution >= 0.6 is 63.4 Å². The second-order valence-corrected chi connectivity index (χ2v) is 31.0. The first kappa shape index (κ1) is 81.9. The molecule has 0 spiro atoms. The molecule has 0 saturated carbocycles. The average molecular weight is 1380 g/mol. The number of thiol groups is 1. The first-order valence-corrected chi connectivity index (χ1v) is 38.7. The van der Waals surface area contributed by atoms with Crippen LogP contribution in [0, 0.1) is 0 Å². The molecule has 4 rings (SSSR count). The number of hydrogen-bond acceptors (Lipinski definition) is 30. The molecule has 0 aromatic heterocycles. The molecule has 10 N–H and O–H groups in total. The van der Waals surface area contributed by atoms with Gasteiger partial charge in [0.2, 0.25) is 23.6 Å². The molecule has 0 aromatic rings. The van der Waals surface area contributed by atoms with Gasteiger partial charge in [-0.05, 0) is 83.1 Å². The van der Waals surface area contributed by atoms with Crippen molar-refractivity contribution in [3.8, 4) is 0 Å². The Kier molecular flexibility index (Phi) is 43.3. The number of unbranched alkanes of at least 4 members (excludes halogenated alkanes) is 4. The van der Waals surface area contributed by atoms with Crippen LogP contribution in [0.2, 0.25) is 0 Å². The minimum atomic E-state index is -4.86. The van der Waals surface area contributed by atoms with Crippen molar-refractivity contribution in [1.29, 1.82) is 0 Å². The molecule has 496 valence electrons. The molecule has 4 saturated heterocycles. The molecule has 0 aliphatic carbocycles. The maximum atomic E-state index is 12.9. The number of phosphoric ester groups is 2. The van der Waals surface area contributed by atoms with E-state index in [1.54, 1.807) is 21.6 Å². The summed E-state index contributed by atoms with van der Waals surface area (Å²) in [6, 6.07) is -2.49. The number of hydrogen-bond donors (Lipinski definition) is 8. The number of aliphatic hydroxyl groups is 4. The normalized spacial score (nSPS) is 25.0. The summed E-state index contributed by atoms with van der Waals surface area (Å²) in [4.78, 5) is 94.1. The van der Waals surface area contributed by atoms with Gasteiger partial charge < -0.3 is 120 Å². The first-order chi connectivity index (χ1) is 39.8. The summed E-state index contributed by atoms with van der Waals surface area (Å²) in [5, 5.41) is 34.1. The van der Waals surface area contributed by atoms with E-state index < -0.39 is 77.7 Å². The van der Waals surface area contributed by atoms with Crippen molar-refractivity contribution in [2.24, 2.45) is 17.2 Å². The van der Waals surface area contributed by atoms with Crippen LogP contribution in [0.3, 0.4) is 0 Å². The summed E-state index contributed by atoms with van der Waals surface area (Å²) in [5.74, 6) is 1.29. The lowest BCUT2D eigenvalue weighted by atomic mass is 10.1. The summed E-state index contributed by atoms with van der Waals surface area (Å²) < 4.78 is 78.0. The van der Waals surface area contributed by atoms with Crippen LogP contribution in [-0.2, 0) is 93.1 Å². The van der Waals surface area contributed by atoms with Gasteiger partial charge in [0.1, 0.15) is 6.72 Å². The number of rotatable bonds is 38. The molecular formula is C46H91N7O22P4S5-4. The Labute approximate surface area is 518 Å². The molecule has 4 aliphatic rings. The van der Waals surface area contributed by atoms with E-state index in [4.69, 9.17) is 78.6 Å². The Morgan fingerprint density at radius 3 is 1.31 bits per heavy atom. The lowest BCUT2D eigenvalue weighted by Crippen LogP contribution is -2.39. The second kappa shape index (κ2) is 44.4. The smallest absolute Gasteiger partial charge is 0.268 e. The number of nitrogens with two attached hydrogens (primary N) is 3. The van der Waals surface area contributed by atoms with Gasteiger partial charge >= 0.3 is 0 Å². The van der Waals surface area contributed by atoms with Crippen LogP contribution in [0.1, 0.15) is 103 Å². The van der Waals surface area contributed by atoms with Gasteiger partial charge in [-0.25, -0.2) is 0 Å². The minimum Gasteiger partial charge on any atom is -0.780 e. The van der Waals surface area contributed by atoms with Gasteiger partial charge in [-0.2, -0.15) is 12.6 Å². The quantitative estimate of drug-likeness (QED) is 0.0137. The molecule has 4 heterocycles. The van der Waals surface area contributed by atoms with E-state index in [0.29, 0.717) is 51.1 Å². The first-order valence-electron chi connectivity index (χ1n) is 27.5. The van der Waals surface area contributed by atoms with Crippen molar-refractivity contribution >= 4 is 111 Å². The molecule has 38 heteroatoms. The molecule has 84 heavy (non-hydrogen) atoms. The molecule has 6 unspecified atom stereocenters. The summed E-state index contributed by atoms with van der Waals surface area (Å²) in [6.07, 6.45) is 3.63. The van der Waals surface area contributed by atoms with Crippen molar-refractivity contribution in [2.75, 3.05) is 118 Å². The predicted molar refractivity (Wildman–Crippen MR) is 322 cm³/mol. The number of carbonyl (C=O) groups excluding carboxylic acids is 4. The van der Waals surface area contributed by atoms with Crippen LogP contribution in [-0.4, -0.2) is 230 Å². The van der Waals surface area contributed by atoms with Crippen LogP contribution in [0.5, 0.6) is 0 Å². The monoisotopic (exact) mass is 1380 g/mol. The predicted octanol–water partition coefficient (Wildman–Crippen LogP) is 0.490. The molecule has 0 bridgehead atoms. The third-order valence-electron chi connectivity index (χ3n) is 13.2. The zero-order valence-corrected chi connectivity index (χ0v) is 56.1. The number of phosphoric acid groups is 2. The maximum absolute atomic E-state index is 12.9. The third kappa shape index (κ3) is 32.8. The number of aliphatic hydroxyl groups excluding tert-OH is 4. The van der Waals surface area contributed by atoms with Crippen LogP contribution in [0.15, 0.2) is 0 Å². The minimum absolute atomic E-state index is 0.0372. The highest BCUT2D eigenvalue weighted by molar-refractivity contribution is 8.76. The number of β-amino-alcohol motifs (C(OH)–C–C–N with tert-alkyl or cyclic N) is 2. The topological polar surface area (TPSA) is 434 Å². The van der Waals surface area contributed by atoms with Crippen molar-refractivity contribution in [3.63, 3.8) is 0 Å². The molecule has 0 aromatic carbocycles. The Morgan fingerprint density at radius 1 is 0.548 bits per heavy atom. The molecule has 4 amide bonds. The molecule has 4 aliphatic heterocycles. The van der Waals surface area contributed by atoms with E-state index in [0.717, 1.165) is 65.6 Å². The lowest BCUT2D eigenvalue weighted by Gasteiger charge is -2.30. The zero-order valence-electron chi connectivity index (χ0n) is 48.4. The molecular weight excluding hydrogens is 1290 g/mol. The Balaban J connectivity index is 0.000000796. The summed E-state index contributed by atoms with van der Waals surface area (Å²) >= 11 is 13.6. The molecule has 4 fully saturated rings. The van der Waals surface area contributed by atoms with E-state index in [-0.39, 0.29) is 128 Å².